The Labute approximate surface area is 242 Å². The highest BCUT2D eigenvalue weighted by molar-refractivity contribution is 7.89. The number of rotatable bonds is 11. The lowest BCUT2D eigenvalue weighted by atomic mass is 9.89. The van der Waals surface area contributed by atoms with E-state index in [1.165, 1.54) is 4.31 Å². The van der Waals surface area contributed by atoms with E-state index in [2.05, 4.69) is 5.32 Å². The van der Waals surface area contributed by atoms with Gasteiger partial charge in [0.05, 0.1) is 48.9 Å². The molecule has 0 aromatic heterocycles. The number of aliphatic hydroxyl groups excluding tert-OH is 1. The third kappa shape index (κ3) is 6.93. The van der Waals surface area contributed by atoms with Crippen molar-refractivity contribution in [2.45, 2.75) is 62.7 Å². The molecule has 0 aliphatic carbocycles. The number of hydrogen-bond donors (Lipinski definition) is 2. The van der Waals surface area contributed by atoms with Crippen LogP contribution in [0.1, 0.15) is 25.0 Å². The molecule has 3 aliphatic heterocycles. The molecular weight excluding hydrogens is 548 g/mol. The SMILES string of the molecule is Cc1ccc(S(=O)(=O)N(CC(C)C)C[C@@H](O)[C@H](Cc2ccccc2)NC(=O)O[C@H]2CO[C@H]3O[C@@H]4COC[C@@H]4[C@H]32)cc1. The number of benzene rings is 2. The van der Waals surface area contributed by atoms with Gasteiger partial charge in [0, 0.05) is 19.0 Å². The number of ether oxygens (including phenoxy) is 4. The van der Waals surface area contributed by atoms with E-state index in [0.717, 1.165) is 11.1 Å². The van der Waals surface area contributed by atoms with Gasteiger partial charge in [-0.2, -0.15) is 4.31 Å². The first-order valence-corrected chi connectivity index (χ1v) is 15.7. The van der Waals surface area contributed by atoms with Crippen LogP contribution in [-0.2, 0) is 35.4 Å². The van der Waals surface area contributed by atoms with Crippen LogP contribution in [0, 0.1) is 24.7 Å². The quantitative estimate of drug-likeness (QED) is 0.411. The molecule has 11 heteroatoms. The summed E-state index contributed by atoms with van der Waals surface area (Å²) < 4.78 is 51.5. The van der Waals surface area contributed by atoms with Crippen molar-refractivity contribution in [2.75, 3.05) is 32.9 Å². The summed E-state index contributed by atoms with van der Waals surface area (Å²) in [5.74, 6) is -0.00484. The van der Waals surface area contributed by atoms with Crippen LogP contribution in [0.4, 0.5) is 4.79 Å². The molecule has 10 nitrogen and oxygen atoms in total. The number of carbonyl (C=O) groups is 1. The molecule has 41 heavy (non-hydrogen) atoms. The number of fused-ring (bicyclic) bond motifs is 3. The van der Waals surface area contributed by atoms with Gasteiger partial charge in [0.25, 0.3) is 0 Å². The fourth-order valence-corrected chi connectivity index (χ4v) is 7.50. The highest BCUT2D eigenvalue weighted by Gasteiger charge is 2.56. The largest absolute Gasteiger partial charge is 0.443 e. The summed E-state index contributed by atoms with van der Waals surface area (Å²) in [6, 6.07) is 15.3. The Balaban J connectivity index is 1.31. The highest BCUT2D eigenvalue weighted by Crippen LogP contribution is 2.43. The molecule has 2 N–H and O–H groups in total. The van der Waals surface area contributed by atoms with Crippen molar-refractivity contribution in [2.24, 2.45) is 17.8 Å². The molecule has 2 aromatic rings. The van der Waals surface area contributed by atoms with Crippen molar-refractivity contribution in [1.82, 2.24) is 9.62 Å². The second kappa shape index (κ2) is 12.8. The zero-order valence-corrected chi connectivity index (χ0v) is 24.5. The van der Waals surface area contributed by atoms with Crippen LogP contribution in [0.25, 0.3) is 0 Å². The van der Waals surface area contributed by atoms with Crippen molar-refractivity contribution in [3.8, 4) is 0 Å². The fraction of sp³-hybridized carbons (Fsp3) is 0.567. The first kappa shape index (κ1) is 29.9. The third-order valence-corrected chi connectivity index (χ3v) is 9.83. The van der Waals surface area contributed by atoms with Gasteiger partial charge >= 0.3 is 6.09 Å². The van der Waals surface area contributed by atoms with E-state index in [0.29, 0.717) is 13.2 Å². The van der Waals surface area contributed by atoms with Crippen LogP contribution in [0.2, 0.25) is 0 Å². The Morgan fingerprint density at radius 2 is 1.80 bits per heavy atom. The summed E-state index contributed by atoms with van der Waals surface area (Å²) in [5, 5.41) is 14.3. The van der Waals surface area contributed by atoms with Gasteiger partial charge in [-0.05, 0) is 37.0 Å². The molecular formula is C30H40N2O8S. The van der Waals surface area contributed by atoms with Crippen molar-refractivity contribution in [1.29, 1.82) is 0 Å². The molecule has 3 saturated heterocycles. The predicted octanol–water partition coefficient (Wildman–Crippen LogP) is 2.73. The lowest BCUT2D eigenvalue weighted by Crippen LogP contribution is -2.52. The van der Waals surface area contributed by atoms with Gasteiger partial charge in [-0.25, -0.2) is 13.2 Å². The van der Waals surface area contributed by atoms with Crippen LogP contribution >= 0.6 is 0 Å². The molecule has 0 bridgehead atoms. The maximum atomic E-state index is 13.6. The van der Waals surface area contributed by atoms with E-state index >= 15 is 0 Å². The Morgan fingerprint density at radius 1 is 1.07 bits per heavy atom. The molecule has 0 saturated carbocycles. The second-order valence-corrected chi connectivity index (χ2v) is 13.6. The minimum Gasteiger partial charge on any atom is -0.443 e. The molecule has 5 rings (SSSR count). The summed E-state index contributed by atoms with van der Waals surface area (Å²) >= 11 is 0. The van der Waals surface area contributed by atoms with Gasteiger partial charge in [0.15, 0.2) is 6.29 Å². The molecule has 7 atom stereocenters. The van der Waals surface area contributed by atoms with E-state index in [-0.39, 0.29) is 54.9 Å². The van der Waals surface area contributed by atoms with E-state index in [9.17, 15) is 18.3 Å². The lowest BCUT2D eigenvalue weighted by Gasteiger charge is -2.31. The van der Waals surface area contributed by atoms with Gasteiger partial charge in [0.2, 0.25) is 10.0 Å². The van der Waals surface area contributed by atoms with Crippen LogP contribution in [0.3, 0.4) is 0 Å². The lowest BCUT2D eigenvalue weighted by molar-refractivity contribution is -0.123. The Kier molecular flexibility index (Phi) is 9.32. The van der Waals surface area contributed by atoms with Crippen molar-refractivity contribution < 1.29 is 37.3 Å². The van der Waals surface area contributed by atoms with E-state index in [1.807, 2.05) is 51.1 Å². The van der Waals surface area contributed by atoms with Gasteiger partial charge < -0.3 is 29.4 Å². The van der Waals surface area contributed by atoms with Gasteiger partial charge in [-0.1, -0.05) is 61.9 Å². The number of carbonyl (C=O) groups excluding carboxylic acids is 1. The molecule has 224 valence electrons. The number of hydrogen-bond acceptors (Lipinski definition) is 8. The molecule has 3 heterocycles. The first-order chi connectivity index (χ1) is 19.6. The average Bonchev–Trinajstić information content (AvgIpc) is 3.62. The summed E-state index contributed by atoms with van der Waals surface area (Å²) in [5.41, 5.74) is 1.83. The number of aryl methyl sites for hydroxylation is 1. The number of alkyl carbamates (subject to hydrolysis) is 1. The van der Waals surface area contributed by atoms with Gasteiger partial charge in [-0.15, -0.1) is 0 Å². The predicted molar refractivity (Wildman–Crippen MR) is 151 cm³/mol. The second-order valence-electron chi connectivity index (χ2n) is 11.6. The van der Waals surface area contributed by atoms with Gasteiger partial charge in [0.1, 0.15) is 6.10 Å². The van der Waals surface area contributed by atoms with Crippen molar-refractivity contribution >= 4 is 16.1 Å². The fourth-order valence-electron chi connectivity index (χ4n) is 5.88. The summed E-state index contributed by atoms with van der Waals surface area (Å²) in [6.45, 7) is 7.00. The van der Waals surface area contributed by atoms with Crippen LogP contribution in [0.5, 0.6) is 0 Å². The monoisotopic (exact) mass is 588 g/mol. The maximum absolute atomic E-state index is 13.6. The van der Waals surface area contributed by atoms with E-state index in [1.54, 1.807) is 24.3 Å². The Bertz CT molecular complexity index is 1270. The molecule has 0 radical (unpaired) electrons. The Morgan fingerprint density at radius 3 is 2.51 bits per heavy atom. The highest BCUT2D eigenvalue weighted by atomic mass is 32.2. The number of sulfonamides is 1. The summed E-state index contributed by atoms with van der Waals surface area (Å²) in [7, 11) is -3.89. The molecule has 0 spiro atoms. The van der Waals surface area contributed by atoms with Gasteiger partial charge in [-0.3, -0.25) is 0 Å². The molecule has 1 amide bonds. The van der Waals surface area contributed by atoms with Crippen molar-refractivity contribution in [3.63, 3.8) is 0 Å². The summed E-state index contributed by atoms with van der Waals surface area (Å²) in [4.78, 5) is 13.4. The summed E-state index contributed by atoms with van der Waals surface area (Å²) in [6.07, 6.45) is -2.62. The molecule has 0 unspecified atom stereocenters. The smallest absolute Gasteiger partial charge is 0.407 e. The molecule has 2 aromatic carbocycles. The topological polar surface area (TPSA) is 124 Å². The van der Waals surface area contributed by atoms with E-state index in [4.69, 9.17) is 18.9 Å². The number of nitrogens with zero attached hydrogens (tertiary/aromatic N) is 1. The van der Waals surface area contributed by atoms with Crippen LogP contribution in [-0.4, -0.2) is 87.5 Å². The number of amides is 1. The standard InChI is InChI=1S/C30H40N2O8S/c1-19(2)14-32(41(35,36)22-11-9-20(3)10-12-22)15-25(33)24(13-21-7-5-4-6-8-21)31-30(34)40-27-18-38-29-28(27)23-16-37-17-26(23)39-29/h4-12,19,23-29,33H,13-18H2,1-3H3,(H,31,34)/t23-,24-,25+,26+,27-,28-,29-/m0/s1. The molecule has 3 fully saturated rings. The van der Waals surface area contributed by atoms with Crippen LogP contribution in [0.15, 0.2) is 59.5 Å². The average molecular weight is 589 g/mol. The maximum Gasteiger partial charge on any atom is 0.407 e. The van der Waals surface area contributed by atoms with Crippen LogP contribution < -0.4 is 5.32 Å². The first-order valence-electron chi connectivity index (χ1n) is 14.2. The molecule has 3 aliphatic rings. The van der Waals surface area contributed by atoms with Crippen molar-refractivity contribution in [3.05, 3.63) is 65.7 Å². The number of nitrogens with one attached hydrogen (secondary N) is 1. The van der Waals surface area contributed by atoms with E-state index < -0.39 is 40.7 Å². The zero-order chi connectivity index (χ0) is 29.1. The minimum atomic E-state index is -3.89. The minimum absolute atomic E-state index is 0.0141. The Hall–Kier alpha value is -2.54. The normalized spacial score (nSPS) is 27.0. The zero-order valence-electron chi connectivity index (χ0n) is 23.7. The number of aliphatic hydroxyl groups is 1. The third-order valence-electron chi connectivity index (χ3n) is 7.98.